The van der Waals surface area contributed by atoms with Gasteiger partial charge in [0, 0.05) is 32.7 Å². The van der Waals surface area contributed by atoms with Gasteiger partial charge in [-0.2, -0.15) is 0 Å². The van der Waals surface area contributed by atoms with Crippen molar-refractivity contribution in [2.75, 3.05) is 39.9 Å². The summed E-state index contributed by atoms with van der Waals surface area (Å²) in [5, 5.41) is 3.44. The van der Waals surface area contributed by atoms with E-state index in [0.717, 1.165) is 45.7 Å². The van der Waals surface area contributed by atoms with Crippen LogP contribution in [0.4, 0.5) is 4.79 Å². The number of nitrogens with zero attached hydrogens (tertiary/aromatic N) is 2. The highest BCUT2D eigenvalue weighted by molar-refractivity contribution is 5.76. The fourth-order valence-electron chi connectivity index (χ4n) is 2.91. The van der Waals surface area contributed by atoms with Gasteiger partial charge < -0.3 is 19.9 Å². The summed E-state index contributed by atoms with van der Waals surface area (Å²) in [6, 6.07) is 0.960. The van der Waals surface area contributed by atoms with Crippen LogP contribution < -0.4 is 5.32 Å². The van der Waals surface area contributed by atoms with Crippen LogP contribution in [0.5, 0.6) is 0 Å². The Hall–Kier alpha value is -0.810. The van der Waals surface area contributed by atoms with E-state index in [0.29, 0.717) is 18.0 Å². The number of carbonyl (C=O) groups excluding carboxylic acids is 1. The van der Waals surface area contributed by atoms with Crippen molar-refractivity contribution in [3.63, 3.8) is 0 Å². The van der Waals surface area contributed by atoms with E-state index in [1.54, 1.807) is 0 Å². The van der Waals surface area contributed by atoms with Crippen molar-refractivity contribution in [1.29, 1.82) is 0 Å². The minimum atomic E-state index is 0.183. The zero-order valence-corrected chi connectivity index (χ0v) is 12.4. The Morgan fingerprint density at radius 1 is 1.47 bits per heavy atom. The van der Waals surface area contributed by atoms with E-state index in [4.69, 9.17) is 4.74 Å². The molecule has 0 aliphatic carbocycles. The smallest absolute Gasteiger partial charge is 0.320 e. The molecular formula is C14H27N3O2. The van der Waals surface area contributed by atoms with Crippen LogP contribution >= 0.6 is 0 Å². The Bertz CT molecular complexity index is 303. The molecule has 2 atom stereocenters. The predicted molar refractivity (Wildman–Crippen MR) is 75.2 cm³/mol. The molecule has 0 aromatic carbocycles. The molecule has 2 rings (SSSR count). The van der Waals surface area contributed by atoms with Gasteiger partial charge in [0.05, 0.1) is 19.3 Å². The lowest BCUT2D eigenvalue weighted by molar-refractivity contribution is 0.0717. The van der Waals surface area contributed by atoms with E-state index in [2.05, 4.69) is 19.2 Å². The van der Waals surface area contributed by atoms with Crippen molar-refractivity contribution in [1.82, 2.24) is 15.1 Å². The second-order valence-electron chi connectivity index (χ2n) is 6.14. The summed E-state index contributed by atoms with van der Waals surface area (Å²) >= 11 is 0. The third-order valence-electron chi connectivity index (χ3n) is 4.04. The van der Waals surface area contributed by atoms with Gasteiger partial charge in [0.15, 0.2) is 0 Å². The molecule has 19 heavy (non-hydrogen) atoms. The highest BCUT2D eigenvalue weighted by Crippen LogP contribution is 2.20. The first-order valence-corrected chi connectivity index (χ1v) is 7.40. The van der Waals surface area contributed by atoms with Crippen molar-refractivity contribution in [3.8, 4) is 0 Å². The molecule has 0 aromatic rings. The number of rotatable bonds is 5. The standard InChI is InChI=1S/C14H27N3O2/c1-11(2)8-13-9-17(14(18)16(13)3)6-4-12-10-19-7-5-15-12/h11-13,15H,4-10H2,1-3H3. The second-order valence-corrected chi connectivity index (χ2v) is 6.14. The molecule has 110 valence electrons. The number of hydrogen-bond donors (Lipinski definition) is 1. The van der Waals surface area contributed by atoms with Gasteiger partial charge in [0.1, 0.15) is 0 Å². The minimum absolute atomic E-state index is 0.183. The summed E-state index contributed by atoms with van der Waals surface area (Å²) in [5.41, 5.74) is 0. The quantitative estimate of drug-likeness (QED) is 0.814. The van der Waals surface area contributed by atoms with Crippen LogP contribution in [-0.2, 0) is 4.74 Å². The zero-order valence-electron chi connectivity index (χ0n) is 12.4. The van der Waals surface area contributed by atoms with Crippen LogP contribution in [0, 0.1) is 5.92 Å². The third-order valence-corrected chi connectivity index (χ3v) is 4.04. The lowest BCUT2D eigenvalue weighted by Crippen LogP contribution is -2.43. The fourth-order valence-corrected chi connectivity index (χ4v) is 2.91. The first kappa shape index (κ1) is 14.6. The number of likely N-dealkylation sites (N-methyl/N-ethyl adjacent to an activating group) is 1. The van der Waals surface area contributed by atoms with Crippen LogP contribution in [0.1, 0.15) is 26.7 Å². The summed E-state index contributed by atoms with van der Waals surface area (Å²) in [4.78, 5) is 16.1. The highest BCUT2D eigenvalue weighted by Gasteiger charge is 2.34. The highest BCUT2D eigenvalue weighted by atomic mass is 16.5. The first-order valence-electron chi connectivity index (χ1n) is 7.40. The molecule has 2 heterocycles. The van der Waals surface area contributed by atoms with Crippen LogP contribution in [-0.4, -0.2) is 67.8 Å². The third kappa shape index (κ3) is 3.83. The molecule has 2 aliphatic heterocycles. The van der Waals surface area contributed by atoms with Gasteiger partial charge in [-0.15, -0.1) is 0 Å². The molecule has 2 fully saturated rings. The Morgan fingerprint density at radius 2 is 2.26 bits per heavy atom. The molecule has 0 saturated carbocycles. The number of urea groups is 1. The number of hydrogen-bond acceptors (Lipinski definition) is 3. The first-order chi connectivity index (χ1) is 9.08. The van der Waals surface area contributed by atoms with Crippen molar-refractivity contribution >= 4 is 6.03 Å². The molecule has 0 aromatic heterocycles. The van der Waals surface area contributed by atoms with Crippen LogP contribution in [0.15, 0.2) is 0 Å². The molecule has 0 radical (unpaired) electrons. The molecule has 5 heteroatoms. The summed E-state index contributed by atoms with van der Waals surface area (Å²) in [6.45, 7) is 8.63. The lowest BCUT2D eigenvalue weighted by Gasteiger charge is -2.25. The molecule has 1 N–H and O–H groups in total. The minimum Gasteiger partial charge on any atom is -0.379 e. The largest absolute Gasteiger partial charge is 0.379 e. The van der Waals surface area contributed by atoms with E-state index in [1.165, 1.54) is 0 Å². The number of carbonyl (C=O) groups is 1. The molecular weight excluding hydrogens is 242 g/mol. The topological polar surface area (TPSA) is 44.8 Å². The van der Waals surface area contributed by atoms with E-state index >= 15 is 0 Å². The van der Waals surface area contributed by atoms with Crippen LogP contribution in [0.3, 0.4) is 0 Å². The molecule has 2 unspecified atom stereocenters. The SMILES string of the molecule is CC(C)CC1CN(CCC2COCCN2)C(=O)N1C. The van der Waals surface area contributed by atoms with Gasteiger partial charge in [0.2, 0.25) is 0 Å². The number of amides is 2. The summed E-state index contributed by atoms with van der Waals surface area (Å²) in [6.07, 6.45) is 2.07. The van der Waals surface area contributed by atoms with Crippen molar-refractivity contribution in [3.05, 3.63) is 0 Å². The summed E-state index contributed by atoms with van der Waals surface area (Å²) < 4.78 is 5.44. The zero-order chi connectivity index (χ0) is 13.8. The Balaban J connectivity index is 1.78. The Morgan fingerprint density at radius 3 is 2.89 bits per heavy atom. The molecule has 0 spiro atoms. The molecule has 2 aliphatic rings. The van der Waals surface area contributed by atoms with Crippen molar-refractivity contribution in [2.24, 2.45) is 5.92 Å². The molecule has 2 saturated heterocycles. The maximum atomic E-state index is 12.2. The second kappa shape index (κ2) is 6.57. The number of ether oxygens (including phenoxy) is 1. The molecule has 5 nitrogen and oxygen atoms in total. The summed E-state index contributed by atoms with van der Waals surface area (Å²) in [5.74, 6) is 0.633. The van der Waals surface area contributed by atoms with Crippen LogP contribution in [0.25, 0.3) is 0 Å². The summed E-state index contributed by atoms with van der Waals surface area (Å²) in [7, 11) is 1.93. The average Bonchev–Trinajstić information content (AvgIpc) is 2.65. The van der Waals surface area contributed by atoms with E-state index in [-0.39, 0.29) is 6.03 Å². The van der Waals surface area contributed by atoms with Gasteiger partial charge in [-0.25, -0.2) is 4.79 Å². The van der Waals surface area contributed by atoms with E-state index in [9.17, 15) is 4.79 Å². The molecule has 2 amide bonds. The number of morpholine rings is 1. The predicted octanol–water partition coefficient (Wildman–Crippen LogP) is 1.15. The maximum absolute atomic E-state index is 12.2. The van der Waals surface area contributed by atoms with E-state index in [1.807, 2.05) is 16.8 Å². The monoisotopic (exact) mass is 269 g/mol. The Kier molecular flexibility index (Phi) is 5.05. The number of nitrogens with one attached hydrogen (secondary N) is 1. The fraction of sp³-hybridized carbons (Fsp3) is 0.929. The van der Waals surface area contributed by atoms with Gasteiger partial charge in [0.25, 0.3) is 0 Å². The van der Waals surface area contributed by atoms with Crippen molar-refractivity contribution < 1.29 is 9.53 Å². The van der Waals surface area contributed by atoms with Gasteiger partial charge in [-0.05, 0) is 18.8 Å². The van der Waals surface area contributed by atoms with Crippen molar-refractivity contribution in [2.45, 2.75) is 38.8 Å². The van der Waals surface area contributed by atoms with E-state index < -0.39 is 0 Å². The Labute approximate surface area is 116 Å². The average molecular weight is 269 g/mol. The molecule has 0 bridgehead atoms. The van der Waals surface area contributed by atoms with Gasteiger partial charge in [-0.1, -0.05) is 13.8 Å². The normalized spacial score (nSPS) is 28.5. The lowest BCUT2D eigenvalue weighted by atomic mass is 10.0. The van der Waals surface area contributed by atoms with Crippen LogP contribution in [0.2, 0.25) is 0 Å². The van der Waals surface area contributed by atoms with Gasteiger partial charge in [-0.3, -0.25) is 0 Å². The maximum Gasteiger partial charge on any atom is 0.320 e. The van der Waals surface area contributed by atoms with Gasteiger partial charge >= 0.3 is 6.03 Å².